The number of methoxy groups -OCH3 is 1. The van der Waals surface area contributed by atoms with Gasteiger partial charge in [0.2, 0.25) is 5.91 Å². The van der Waals surface area contributed by atoms with E-state index in [1.807, 2.05) is 29.2 Å². The summed E-state index contributed by atoms with van der Waals surface area (Å²) >= 11 is 0. The van der Waals surface area contributed by atoms with Crippen molar-refractivity contribution in [3.8, 4) is 5.75 Å². The van der Waals surface area contributed by atoms with E-state index < -0.39 is 0 Å². The first-order valence-electron chi connectivity index (χ1n) is 12.0. The number of hydrogen-bond donors (Lipinski definition) is 2. The molecule has 0 radical (unpaired) electrons. The van der Waals surface area contributed by atoms with Gasteiger partial charge in [0.15, 0.2) is 0 Å². The van der Waals surface area contributed by atoms with Crippen molar-refractivity contribution in [2.24, 2.45) is 5.92 Å². The number of carbonyl (C=O) groups excluding carboxylic acids is 2. The summed E-state index contributed by atoms with van der Waals surface area (Å²) in [4.78, 5) is 32.9. The number of H-pyrrole nitrogens is 1. The average Bonchev–Trinajstić information content (AvgIpc) is 3.23. The molecule has 0 aliphatic carbocycles. The number of piperidine rings is 2. The molecule has 0 bridgehead atoms. The molecule has 2 aliphatic heterocycles. The molecule has 7 heteroatoms. The number of aromatic amines is 1. The first-order chi connectivity index (χ1) is 15.5. The van der Waals surface area contributed by atoms with E-state index in [2.05, 4.69) is 22.1 Å². The van der Waals surface area contributed by atoms with Crippen LogP contribution in [0, 0.1) is 5.92 Å². The maximum absolute atomic E-state index is 13.0. The van der Waals surface area contributed by atoms with Gasteiger partial charge in [-0.25, -0.2) is 0 Å². The molecule has 1 aromatic heterocycles. The highest BCUT2D eigenvalue weighted by Crippen LogP contribution is 2.25. The van der Waals surface area contributed by atoms with Crippen LogP contribution >= 0.6 is 0 Å². The Kier molecular flexibility index (Phi) is 7.35. The van der Waals surface area contributed by atoms with Crippen molar-refractivity contribution in [3.05, 3.63) is 30.0 Å². The van der Waals surface area contributed by atoms with Crippen LogP contribution in [0.1, 0.15) is 55.9 Å². The van der Waals surface area contributed by atoms with E-state index in [0.717, 1.165) is 49.1 Å². The van der Waals surface area contributed by atoms with Crippen molar-refractivity contribution in [3.63, 3.8) is 0 Å². The van der Waals surface area contributed by atoms with Crippen LogP contribution in [-0.2, 0) is 4.79 Å². The van der Waals surface area contributed by atoms with Gasteiger partial charge in [-0.2, -0.15) is 0 Å². The van der Waals surface area contributed by atoms with Crippen LogP contribution < -0.4 is 10.1 Å². The SMILES string of the molecule is COc1ccc2cc(C(=O)N3CCC(CC(=O)NCCN4CCCCC4C)CC3)[nH]c2c1. The Morgan fingerprint density at radius 2 is 1.94 bits per heavy atom. The van der Waals surface area contributed by atoms with E-state index >= 15 is 0 Å². The van der Waals surface area contributed by atoms with Crippen molar-refractivity contribution in [2.75, 3.05) is 39.8 Å². The van der Waals surface area contributed by atoms with E-state index in [1.54, 1.807) is 7.11 Å². The van der Waals surface area contributed by atoms with E-state index in [0.29, 0.717) is 37.2 Å². The molecule has 0 saturated carbocycles. The number of nitrogens with one attached hydrogen (secondary N) is 2. The second-order valence-corrected chi connectivity index (χ2v) is 9.31. The molecule has 0 spiro atoms. The van der Waals surface area contributed by atoms with Crippen LogP contribution in [0.2, 0.25) is 0 Å². The molecule has 2 saturated heterocycles. The molecule has 2 aliphatic rings. The number of nitrogens with zero attached hydrogens (tertiary/aromatic N) is 2. The zero-order valence-electron chi connectivity index (χ0n) is 19.4. The predicted octanol–water partition coefficient (Wildman–Crippen LogP) is 3.41. The van der Waals surface area contributed by atoms with E-state index in [9.17, 15) is 9.59 Å². The maximum Gasteiger partial charge on any atom is 0.270 e. The molecule has 2 amide bonds. The van der Waals surface area contributed by atoms with Crippen LogP contribution in [0.5, 0.6) is 5.75 Å². The van der Waals surface area contributed by atoms with Gasteiger partial charge in [-0.05, 0) is 63.3 Å². The van der Waals surface area contributed by atoms with Gasteiger partial charge in [0.1, 0.15) is 11.4 Å². The van der Waals surface area contributed by atoms with E-state index in [-0.39, 0.29) is 11.8 Å². The molecule has 32 heavy (non-hydrogen) atoms. The van der Waals surface area contributed by atoms with Gasteiger partial charge in [-0.15, -0.1) is 0 Å². The second kappa shape index (κ2) is 10.4. The predicted molar refractivity (Wildman–Crippen MR) is 126 cm³/mol. The van der Waals surface area contributed by atoms with Gasteiger partial charge in [0.25, 0.3) is 5.91 Å². The normalized spacial score (nSPS) is 20.4. The van der Waals surface area contributed by atoms with Gasteiger partial charge in [0, 0.05) is 55.6 Å². The number of amides is 2. The Labute approximate surface area is 190 Å². The Hall–Kier alpha value is -2.54. The number of benzene rings is 1. The van der Waals surface area contributed by atoms with Crippen LogP contribution in [0.4, 0.5) is 0 Å². The van der Waals surface area contributed by atoms with Crippen molar-refractivity contribution < 1.29 is 14.3 Å². The molecule has 2 fully saturated rings. The number of hydrogen-bond acceptors (Lipinski definition) is 4. The Morgan fingerprint density at radius 3 is 2.69 bits per heavy atom. The summed E-state index contributed by atoms with van der Waals surface area (Å²) in [5.74, 6) is 1.28. The quantitative estimate of drug-likeness (QED) is 0.692. The van der Waals surface area contributed by atoms with E-state index in [1.165, 1.54) is 19.3 Å². The lowest BCUT2D eigenvalue weighted by atomic mass is 9.93. The summed E-state index contributed by atoms with van der Waals surface area (Å²) in [5.41, 5.74) is 1.51. The summed E-state index contributed by atoms with van der Waals surface area (Å²) < 4.78 is 5.26. The second-order valence-electron chi connectivity index (χ2n) is 9.31. The molecule has 2 aromatic rings. The number of fused-ring (bicyclic) bond motifs is 1. The summed E-state index contributed by atoms with van der Waals surface area (Å²) in [6.07, 6.45) is 6.15. The van der Waals surface area contributed by atoms with Gasteiger partial charge in [-0.1, -0.05) is 6.42 Å². The van der Waals surface area contributed by atoms with Crippen molar-refractivity contribution in [1.29, 1.82) is 0 Å². The minimum atomic E-state index is 0.0266. The van der Waals surface area contributed by atoms with Gasteiger partial charge >= 0.3 is 0 Å². The number of likely N-dealkylation sites (tertiary alicyclic amines) is 2. The Bertz CT molecular complexity index is 932. The molecule has 2 N–H and O–H groups in total. The lowest BCUT2D eigenvalue weighted by Gasteiger charge is -2.33. The van der Waals surface area contributed by atoms with Gasteiger partial charge < -0.3 is 19.9 Å². The Morgan fingerprint density at radius 1 is 1.12 bits per heavy atom. The molecule has 7 nitrogen and oxygen atoms in total. The van der Waals surface area contributed by atoms with Crippen molar-refractivity contribution >= 4 is 22.7 Å². The fraction of sp³-hybridized carbons (Fsp3) is 0.600. The third-order valence-corrected chi connectivity index (χ3v) is 7.10. The molecule has 1 atom stereocenters. The zero-order valence-corrected chi connectivity index (χ0v) is 19.4. The fourth-order valence-electron chi connectivity index (χ4n) is 5.02. The fourth-order valence-corrected chi connectivity index (χ4v) is 5.02. The van der Waals surface area contributed by atoms with Gasteiger partial charge in [-0.3, -0.25) is 14.5 Å². The van der Waals surface area contributed by atoms with Crippen LogP contribution in [-0.4, -0.2) is 72.5 Å². The first-order valence-corrected chi connectivity index (χ1v) is 12.0. The monoisotopic (exact) mass is 440 g/mol. The number of carbonyl (C=O) groups is 2. The molecule has 174 valence electrons. The third kappa shape index (κ3) is 5.44. The smallest absolute Gasteiger partial charge is 0.270 e. The number of aromatic nitrogens is 1. The molecular weight excluding hydrogens is 404 g/mol. The van der Waals surface area contributed by atoms with Crippen molar-refractivity contribution in [1.82, 2.24) is 20.1 Å². The van der Waals surface area contributed by atoms with Crippen LogP contribution in [0.15, 0.2) is 24.3 Å². The number of rotatable bonds is 7. The third-order valence-electron chi connectivity index (χ3n) is 7.10. The number of ether oxygens (including phenoxy) is 1. The minimum Gasteiger partial charge on any atom is -0.497 e. The lowest BCUT2D eigenvalue weighted by molar-refractivity contribution is -0.122. The topological polar surface area (TPSA) is 77.7 Å². The summed E-state index contributed by atoms with van der Waals surface area (Å²) in [5, 5.41) is 4.11. The van der Waals surface area contributed by atoms with Crippen molar-refractivity contribution in [2.45, 2.75) is 51.5 Å². The summed E-state index contributed by atoms with van der Waals surface area (Å²) in [6, 6.07) is 8.29. The maximum atomic E-state index is 13.0. The highest BCUT2D eigenvalue weighted by Gasteiger charge is 2.26. The summed E-state index contributed by atoms with van der Waals surface area (Å²) in [6.45, 7) is 6.49. The molecule has 1 aromatic carbocycles. The average molecular weight is 441 g/mol. The molecule has 3 heterocycles. The standard InChI is InChI=1S/C25H36N4O3/c1-18-5-3-4-11-28(18)14-10-26-24(30)15-19-8-12-29(13-9-19)25(31)23-16-20-6-7-21(32-2)17-22(20)27-23/h6-7,16-19,27H,3-5,8-15H2,1-2H3,(H,26,30). The molecular formula is C25H36N4O3. The lowest BCUT2D eigenvalue weighted by Crippen LogP contribution is -2.43. The Balaban J connectivity index is 1.20. The van der Waals surface area contributed by atoms with Gasteiger partial charge in [0.05, 0.1) is 7.11 Å². The van der Waals surface area contributed by atoms with Crippen LogP contribution in [0.25, 0.3) is 10.9 Å². The largest absolute Gasteiger partial charge is 0.497 e. The van der Waals surface area contributed by atoms with E-state index in [4.69, 9.17) is 4.74 Å². The zero-order chi connectivity index (χ0) is 22.5. The molecule has 4 rings (SSSR count). The van der Waals surface area contributed by atoms with Crippen LogP contribution in [0.3, 0.4) is 0 Å². The summed E-state index contributed by atoms with van der Waals surface area (Å²) in [7, 11) is 1.63. The highest BCUT2D eigenvalue weighted by molar-refractivity contribution is 5.98. The first kappa shape index (κ1) is 22.6. The minimum absolute atomic E-state index is 0.0266. The highest BCUT2D eigenvalue weighted by atomic mass is 16.5. The molecule has 1 unspecified atom stereocenters.